The van der Waals surface area contributed by atoms with E-state index in [1.807, 2.05) is 16.7 Å². The molecule has 1 heterocycles. The maximum Gasteiger partial charge on any atom is 0.122 e. The lowest BCUT2D eigenvalue weighted by molar-refractivity contribution is 0.719. The number of nitrogen functional groups attached to an aromatic ring is 1. The third-order valence-corrected chi connectivity index (χ3v) is 3.63. The molecular weight excluding hydrogens is 302 g/mol. The number of halogens is 1. The van der Waals surface area contributed by atoms with E-state index >= 15 is 0 Å². The number of anilines is 1. The molecule has 1 aromatic heterocycles. The van der Waals surface area contributed by atoms with Crippen LogP contribution in [-0.2, 0) is 13.0 Å². The van der Waals surface area contributed by atoms with E-state index in [0.717, 1.165) is 34.3 Å². The van der Waals surface area contributed by atoms with Gasteiger partial charge in [0, 0.05) is 16.7 Å². The van der Waals surface area contributed by atoms with Crippen LogP contribution < -0.4 is 5.73 Å². The van der Waals surface area contributed by atoms with Gasteiger partial charge in [0.25, 0.3) is 0 Å². The van der Waals surface area contributed by atoms with E-state index in [1.165, 1.54) is 0 Å². The third kappa shape index (κ3) is 2.99. The van der Waals surface area contributed by atoms with Gasteiger partial charge >= 0.3 is 0 Å². The highest BCUT2D eigenvalue weighted by atomic mass is 79.9. The fraction of sp³-hybridized carbons (Fsp3) is 0.267. The Balaban J connectivity index is 2.37. The molecule has 3 nitrogen and oxygen atoms in total. The first-order valence-corrected chi connectivity index (χ1v) is 7.07. The summed E-state index contributed by atoms with van der Waals surface area (Å²) in [5, 5.41) is 9.21. The van der Waals surface area contributed by atoms with Crippen LogP contribution >= 0.6 is 15.9 Å². The molecule has 0 spiro atoms. The van der Waals surface area contributed by atoms with Crippen molar-refractivity contribution < 1.29 is 0 Å². The zero-order chi connectivity index (χ0) is 13.8. The van der Waals surface area contributed by atoms with Crippen molar-refractivity contribution in [3.05, 3.63) is 51.8 Å². The van der Waals surface area contributed by atoms with Gasteiger partial charge in [-0.3, -0.25) is 0 Å². The summed E-state index contributed by atoms with van der Waals surface area (Å²) >= 11 is 3.42. The van der Waals surface area contributed by atoms with Gasteiger partial charge in [-0.25, -0.2) is 0 Å². The number of nitrogens with zero attached hydrogens (tertiary/aromatic N) is 2. The summed E-state index contributed by atoms with van der Waals surface area (Å²) in [5.74, 6) is 0. The van der Waals surface area contributed by atoms with Crippen LogP contribution in [0.25, 0.3) is 0 Å². The first kappa shape index (κ1) is 13.7. The smallest absolute Gasteiger partial charge is 0.122 e. The lowest BCUT2D eigenvalue weighted by Crippen LogP contribution is -2.07. The molecule has 0 fully saturated rings. The van der Waals surface area contributed by atoms with Gasteiger partial charge in [-0.2, -0.15) is 5.26 Å². The molecule has 2 rings (SSSR count). The second-order valence-electron chi connectivity index (χ2n) is 4.51. The molecule has 19 heavy (non-hydrogen) atoms. The summed E-state index contributed by atoms with van der Waals surface area (Å²) in [7, 11) is 0. The first-order chi connectivity index (χ1) is 9.15. The van der Waals surface area contributed by atoms with Crippen LogP contribution in [0.3, 0.4) is 0 Å². The fourth-order valence-electron chi connectivity index (χ4n) is 2.17. The highest BCUT2D eigenvalue weighted by molar-refractivity contribution is 9.10. The van der Waals surface area contributed by atoms with Gasteiger partial charge in [0.2, 0.25) is 0 Å². The highest BCUT2D eigenvalue weighted by Crippen LogP contribution is 2.22. The Hall–Kier alpha value is -1.73. The van der Waals surface area contributed by atoms with E-state index in [4.69, 9.17) is 5.73 Å². The van der Waals surface area contributed by atoms with Crippen LogP contribution in [0.15, 0.2) is 34.8 Å². The van der Waals surface area contributed by atoms with Crippen LogP contribution in [0.1, 0.15) is 30.3 Å². The molecule has 1 aromatic carbocycles. The Bertz CT molecular complexity index is 606. The van der Waals surface area contributed by atoms with E-state index in [9.17, 15) is 5.26 Å². The van der Waals surface area contributed by atoms with Gasteiger partial charge in [-0.15, -0.1) is 0 Å². The molecule has 0 aliphatic heterocycles. The Morgan fingerprint density at radius 3 is 2.58 bits per heavy atom. The summed E-state index contributed by atoms with van der Waals surface area (Å²) in [6, 6.07) is 12.1. The Labute approximate surface area is 121 Å². The molecule has 0 aliphatic rings. The summed E-state index contributed by atoms with van der Waals surface area (Å²) in [6.07, 6.45) is 1.91. The number of nitrogens with two attached hydrogens (primary N) is 1. The lowest BCUT2D eigenvalue weighted by Gasteiger charge is -2.11. The van der Waals surface area contributed by atoms with E-state index in [0.29, 0.717) is 12.2 Å². The Morgan fingerprint density at radius 2 is 2.00 bits per heavy atom. The maximum absolute atomic E-state index is 9.21. The molecule has 0 radical (unpaired) electrons. The predicted molar refractivity (Wildman–Crippen MR) is 80.8 cm³/mol. The quantitative estimate of drug-likeness (QED) is 0.934. The van der Waals surface area contributed by atoms with Gasteiger partial charge in [0.15, 0.2) is 0 Å². The van der Waals surface area contributed by atoms with E-state index < -0.39 is 0 Å². The molecule has 2 N–H and O–H groups in total. The SMILES string of the molecule is CCCc1c(N)cc(C#N)n1Cc1ccc(Br)cc1. The van der Waals surface area contributed by atoms with E-state index in [1.54, 1.807) is 6.07 Å². The van der Waals surface area contributed by atoms with Crippen LogP contribution in [0.4, 0.5) is 5.69 Å². The second-order valence-corrected chi connectivity index (χ2v) is 5.42. The van der Waals surface area contributed by atoms with Gasteiger partial charge in [0.1, 0.15) is 11.8 Å². The van der Waals surface area contributed by atoms with Crippen molar-refractivity contribution in [2.75, 3.05) is 5.73 Å². The normalized spacial score (nSPS) is 10.4. The van der Waals surface area contributed by atoms with Crippen LogP contribution in [-0.4, -0.2) is 4.57 Å². The van der Waals surface area contributed by atoms with Crippen molar-refractivity contribution in [2.45, 2.75) is 26.3 Å². The molecule has 0 amide bonds. The van der Waals surface area contributed by atoms with Crippen LogP contribution in [0.2, 0.25) is 0 Å². The number of hydrogen-bond donors (Lipinski definition) is 1. The number of rotatable bonds is 4. The summed E-state index contributed by atoms with van der Waals surface area (Å²) in [4.78, 5) is 0. The first-order valence-electron chi connectivity index (χ1n) is 6.28. The Kier molecular flexibility index (Phi) is 4.28. The number of aromatic nitrogens is 1. The molecule has 0 aliphatic carbocycles. The molecule has 2 aromatic rings. The van der Waals surface area contributed by atoms with Gasteiger partial charge in [-0.1, -0.05) is 41.4 Å². The topological polar surface area (TPSA) is 54.7 Å². The van der Waals surface area contributed by atoms with Crippen molar-refractivity contribution in [1.82, 2.24) is 4.57 Å². The highest BCUT2D eigenvalue weighted by Gasteiger charge is 2.12. The molecule has 0 atom stereocenters. The molecule has 0 bridgehead atoms. The predicted octanol–water partition coefficient (Wildman–Crippen LogP) is 3.71. The molecule has 98 valence electrons. The van der Waals surface area contributed by atoms with Crippen LogP contribution in [0, 0.1) is 11.3 Å². The maximum atomic E-state index is 9.21. The van der Waals surface area contributed by atoms with Crippen molar-refractivity contribution >= 4 is 21.6 Å². The zero-order valence-electron chi connectivity index (χ0n) is 10.9. The average Bonchev–Trinajstić information content (AvgIpc) is 2.70. The molecule has 0 unspecified atom stereocenters. The average molecular weight is 318 g/mol. The van der Waals surface area contributed by atoms with E-state index in [-0.39, 0.29) is 0 Å². The van der Waals surface area contributed by atoms with Crippen LogP contribution in [0.5, 0.6) is 0 Å². The molecular formula is C15H16BrN3. The van der Waals surface area contributed by atoms with Crippen molar-refractivity contribution in [3.8, 4) is 6.07 Å². The monoisotopic (exact) mass is 317 g/mol. The van der Waals surface area contributed by atoms with Gasteiger partial charge in [0.05, 0.1) is 5.69 Å². The van der Waals surface area contributed by atoms with Gasteiger partial charge < -0.3 is 10.3 Å². The summed E-state index contributed by atoms with van der Waals surface area (Å²) in [6.45, 7) is 2.80. The zero-order valence-corrected chi connectivity index (χ0v) is 12.4. The minimum Gasteiger partial charge on any atom is -0.397 e. The van der Waals surface area contributed by atoms with Crippen molar-refractivity contribution in [2.24, 2.45) is 0 Å². The standard InChI is InChI=1S/C15H16BrN3/c1-2-3-15-14(18)8-13(9-17)19(15)10-11-4-6-12(16)7-5-11/h4-8H,2-3,10,18H2,1H3. The second kappa shape index (κ2) is 5.94. The van der Waals surface area contributed by atoms with Crippen molar-refractivity contribution in [1.29, 1.82) is 5.26 Å². The minimum atomic E-state index is 0.629. The third-order valence-electron chi connectivity index (χ3n) is 3.10. The summed E-state index contributed by atoms with van der Waals surface area (Å²) < 4.78 is 3.07. The molecule has 0 saturated heterocycles. The summed E-state index contributed by atoms with van der Waals surface area (Å²) in [5.41, 5.74) is 9.57. The number of benzene rings is 1. The Morgan fingerprint density at radius 1 is 1.32 bits per heavy atom. The number of hydrogen-bond acceptors (Lipinski definition) is 2. The van der Waals surface area contributed by atoms with Gasteiger partial charge in [-0.05, 0) is 30.2 Å². The number of nitriles is 1. The largest absolute Gasteiger partial charge is 0.397 e. The van der Waals surface area contributed by atoms with E-state index in [2.05, 4.69) is 41.1 Å². The molecule has 4 heteroatoms. The fourth-order valence-corrected chi connectivity index (χ4v) is 2.44. The lowest BCUT2D eigenvalue weighted by atomic mass is 10.2. The van der Waals surface area contributed by atoms with Crippen molar-refractivity contribution in [3.63, 3.8) is 0 Å². The molecule has 0 saturated carbocycles. The minimum absolute atomic E-state index is 0.629.